The van der Waals surface area contributed by atoms with Crippen molar-refractivity contribution in [3.05, 3.63) is 35.6 Å². The Balaban J connectivity index is 1.89. The summed E-state index contributed by atoms with van der Waals surface area (Å²) in [6.45, 7) is 2.91. The quantitative estimate of drug-likeness (QED) is 0.852. The highest BCUT2D eigenvalue weighted by Crippen LogP contribution is 2.23. The lowest BCUT2D eigenvalue weighted by Crippen LogP contribution is -2.39. The minimum Gasteiger partial charge on any atom is -0.212 e. The van der Waals surface area contributed by atoms with E-state index in [0.717, 1.165) is 24.8 Å². The number of hydrogen-bond donors (Lipinski definition) is 0. The molecule has 1 heterocycles. The fourth-order valence-corrected chi connectivity index (χ4v) is 3.66. The molecule has 0 atom stereocenters. The molecule has 0 N–H and O–H groups in total. The first-order chi connectivity index (χ1) is 9.01. The first-order valence-corrected chi connectivity index (χ1v) is 8.34. The van der Waals surface area contributed by atoms with E-state index in [-0.39, 0.29) is 11.6 Å². The molecule has 1 aliphatic heterocycles. The Hall–Kier alpha value is -0.940. The van der Waals surface area contributed by atoms with Crippen LogP contribution in [0.5, 0.6) is 0 Å². The number of sulfonamides is 1. The van der Waals surface area contributed by atoms with Crippen LogP contribution in [0.1, 0.15) is 25.3 Å². The van der Waals surface area contributed by atoms with Crippen molar-refractivity contribution in [3.63, 3.8) is 0 Å². The molecular weight excluding hydrogens is 265 g/mol. The maximum atomic E-state index is 12.8. The van der Waals surface area contributed by atoms with Crippen molar-refractivity contribution in [2.45, 2.75) is 26.2 Å². The van der Waals surface area contributed by atoms with Crippen LogP contribution >= 0.6 is 0 Å². The van der Waals surface area contributed by atoms with Crippen molar-refractivity contribution in [2.75, 3.05) is 18.8 Å². The van der Waals surface area contributed by atoms with Gasteiger partial charge in [-0.1, -0.05) is 12.1 Å². The fourth-order valence-electron chi connectivity index (χ4n) is 2.53. The molecule has 0 bridgehead atoms. The molecule has 0 amide bonds. The minimum atomic E-state index is -3.04. The summed E-state index contributed by atoms with van der Waals surface area (Å²) >= 11 is 0. The summed E-state index contributed by atoms with van der Waals surface area (Å²) in [5.41, 5.74) is 1.12. The van der Waals surface area contributed by atoms with E-state index >= 15 is 0 Å². The molecule has 0 spiro atoms. The van der Waals surface area contributed by atoms with E-state index < -0.39 is 10.0 Å². The molecule has 1 aromatic carbocycles. The fraction of sp³-hybridized carbons (Fsp3) is 0.571. The van der Waals surface area contributed by atoms with Gasteiger partial charge in [-0.15, -0.1) is 0 Å². The first-order valence-electron chi connectivity index (χ1n) is 6.73. The van der Waals surface area contributed by atoms with E-state index in [0.29, 0.717) is 19.0 Å². The average molecular weight is 285 g/mol. The molecule has 0 radical (unpaired) electrons. The highest BCUT2D eigenvalue weighted by molar-refractivity contribution is 7.89. The summed E-state index contributed by atoms with van der Waals surface area (Å²) in [6, 6.07) is 6.58. The maximum Gasteiger partial charge on any atom is 0.213 e. The van der Waals surface area contributed by atoms with Crippen LogP contribution < -0.4 is 0 Å². The Morgan fingerprint density at radius 3 is 2.32 bits per heavy atom. The molecule has 0 unspecified atom stereocenters. The average Bonchev–Trinajstić information content (AvgIpc) is 2.42. The van der Waals surface area contributed by atoms with Crippen LogP contribution in [0.3, 0.4) is 0 Å². The SMILES string of the molecule is CCS(=O)(=O)N1CCC(Cc2ccc(F)cc2)CC1. The van der Waals surface area contributed by atoms with Gasteiger partial charge in [-0.05, 0) is 49.8 Å². The lowest BCUT2D eigenvalue weighted by Gasteiger charge is -2.31. The monoisotopic (exact) mass is 285 g/mol. The molecule has 0 aromatic heterocycles. The summed E-state index contributed by atoms with van der Waals surface area (Å²) < 4.78 is 37.9. The predicted molar refractivity (Wildman–Crippen MR) is 73.9 cm³/mol. The molecular formula is C14H20FNO2S. The molecule has 0 aliphatic carbocycles. The molecule has 3 nitrogen and oxygen atoms in total. The standard InChI is InChI=1S/C14H20FNO2S/c1-2-19(17,18)16-9-7-13(8-10-16)11-12-3-5-14(15)6-4-12/h3-6,13H,2,7-11H2,1H3. The zero-order valence-electron chi connectivity index (χ0n) is 11.2. The summed E-state index contributed by atoms with van der Waals surface area (Å²) in [6.07, 6.45) is 2.67. The van der Waals surface area contributed by atoms with Gasteiger partial charge in [0.2, 0.25) is 10.0 Å². The van der Waals surface area contributed by atoms with Gasteiger partial charge in [0, 0.05) is 13.1 Å². The number of nitrogens with zero attached hydrogens (tertiary/aromatic N) is 1. The summed E-state index contributed by atoms with van der Waals surface area (Å²) in [4.78, 5) is 0. The van der Waals surface area contributed by atoms with E-state index in [1.54, 1.807) is 11.2 Å². The van der Waals surface area contributed by atoms with Crippen LogP contribution in [0.15, 0.2) is 24.3 Å². The predicted octanol–water partition coefficient (Wildman–Crippen LogP) is 2.43. The molecule has 19 heavy (non-hydrogen) atoms. The van der Waals surface area contributed by atoms with Crippen molar-refractivity contribution >= 4 is 10.0 Å². The lowest BCUT2D eigenvalue weighted by atomic mass is 9.91. The zero-order chi connectivity index (χ0) is 13.9. The second-order valence-electron chi connectivity index (χ2n) is 5.07. The zero-order valence-corrected chi connectivity index (χ0v) is 12.0. The molecule has 0 saturated carbocycles. The van der Waals surface area contributed by atoms with Gasteiger partial charge in [-0.25, -0.2) is 17.1 Å². The third-order valence-corrected chi connectivity index (χ3v) is 5.65. The van der Waals surface area contributed by atoms with Crippen molar-refractivity contribution < 1.29 is 12.8 Å². The van der Waals surface area contributed by atoms with Crippen LogP contribution in [0.25, 0.3) is 0 Å². The molecule has 106 valence electrons. The van der Waals surface area contributed by atoms with E-state index in [9.17, 15) is 12.8 Å². The Morgan fingerprint density at radius 1 is 1.21 bits per heavy atom. The van der Waals surface area contributed by atoms with Gasteiger partial charge < -0.3 is 0 Å². The highest BCUT2D eigenvalue weighted by atomic mass is 32.2. The molecule has 5 heteroatoms. The topological polar surface area (TPSA) is 37.4 Å². The maximum absolute atomic E-state index is 12.8. The van der Waals surface area contributed by atoms with Crippen LogP contribution in [0.4, 0.5) is 4.39 Å². The van der Waals surface area contributed by atoms with Gasteiger partial charge in [0.05, 0.1) is 5.75 Å². The summed E-state index contributed by atoms with van der Waals surface area (Å²) in [5.74, 6) is 0.455. The Morgan fingerprint density at radius 2 is 1.79 bits per heavy atom. The van der Waals surface area contributed by atoms with Gasteiger partial charge in [0.1, 0.15) is 5.82 Å². The van der Waals surface area contributed by atoms with Crippen LogP contribution in [0.2, 0.25) is 0 Å². The number of piperidine rings is 1. The normalized spacial score (nSPS) is 18.6. The number of halogens is 1. The molecule has 1 aromatic rings. The van der Waals surface area contributed by atoms with E-state index in [1.807, 2.05) is 12.1 Å². The summed E-state index contributed by atoms with van der Waals surface area (Å²) in [5, 5.41) is 0. The highest BCUT2D eigenvalue weighted by Gasteiger charge is 2.26. The third kappa shape index (κ3) is 3.76. The Kier molecular flexibility index (Phi) is 4.58. The number of benzene rings is 1. The molecule has 2 rings (SSSR count). The molecule has 1 saturated heterocycles. The van der Waals surface area contributed by atoms with Gasteiger partial charge in [0.25, 0.3) is 0 Å². The van der Waals surface area contributed by atoms with Crippen molar-refractivity contribution in [2.24, 2.45) is 5.92 Å². The van der Waals surface area contributed by atoms with Crippen LogP contribution in [-0.2, 0) is 16.4 Å². The largest absolute Gasteiger partial charge is 0.213 e. The second kappa shape index (κ2) is 6.01. The van der Waals surface area contributed by atoms with Gasteiger partial charge in [-0.2, -0.15) is 0 Å². The Bertz CT molecular complexity index is 505. The molecule has 1 fully saturated rings. The van der Waals surface area contributed by atoms with Crippen molar-refractivity contribution in [3.8, 4) is 0 Å². The Labute approximate surface area is 114 Å². The van der Waals surface area contributed by atoms with Gasteiger partial charge in [0.15, 0.2) is 0 Å². The van der Waals surface area contributed by atoms with E-state index in [1.165, 1.54) is 12.1 Å². The van der Waals surface area contributed by atoms with Crippen LogP contribution in [0, 0.1) is 11.7 Å². The minimum absolute atomic E-state index is 0.176. The second-order valence-corrected chi connectivity index (χ2v) is 7.33. The smallest absolute Gasteiger partial charge is 0.212 e. The third-order valence-electron chi connectivity index (χ3n) is 3.77. The van der Waals surface area contributed by atoms with Crippen molar-refractivity contribution in [1.82, 2.24) is 4.31 Å². The van der Waals surface area contributed by atoms with Crippen LogP contribution in [-0.4, -0.2) is 31.6 Å². The van der Waals surface area contributed by atoms with E-state index in [2.05, 4.69) is 0 Å². The van der Waals surface area contributed by atoms with Gasteiger partial charge >= 0.3 is 0 Å². The summed E-state index contributed by atoms with van der Waals surface area (Å²) in [7, 11) is -3.04. The van der Waals surface area contributed by atoms with Crippen molar-refractivity contribution in [1.29, 1.82) is 0 Å². The van der Waals surface area contributed by atoms with Gasteiger partial charge in [-0.3, -0.25) is 0 Å². The van der Waals surface area contributed by atoms with E-state index in [4.69, 9.17) is 0 Å². The molecule has 1 aliphatic rings. The number of hydrogen-bond acceptors (Lipinski definition) is 2. The number of rotatable bonds is 4. The first kappa shape index (κ1) is 14.5. The lowest BCUT2D eigenvalue weighted by molar-refractivity contribution is 0.273.